The van der Waals surface area contributed by atoms with Crippen molar-refractivity contribution in [1.29, 1.82) is 0 Å². The lowest BCUT2D eigenvalue weighted by atomic mass is 10.1. The molecule has 0 aliphatic heterocycles. The molecule has 1 atom stereocenters. The summed E-state index contributed by atoms with van der Waals surface area (Å²) in [6.45, 7) is 2.26. The van der Waals surface area contributed by atoms with Crippen molar-refractivity contribution in [3.63, 3.8) is 0 Å². The van der Waals surface area contributed by atoms with Crippen molar-refractivity contribution in [1.82, 2.24) is 10.0 Å². The summed E-state index contributed by atoms with van der Waals surface area (Å²) in [5, 5.41) is 3.63. The number of aryl methyl sites for hydroxylation is 1. The molecule has 168 valence electrons. The predicted octanol–water partition coefficient (Wildman–Crippen LogP) is 4.67. The van der Waals surface area contributed by atoms with Gasteiger partial charge in [0.15, 0.2) is 0 Å². The second-order valence-electron chi connectivity index (χ2n) is 7.62. The molecule has 7 heteroatoms. The zero-order chi connectivity index (χ0) is 23.0. The molecule has 0 saturated heterocycles. The fourth-order valence-electron chi connectivity index (χ4n) is 3.30. The minimum atomic E-state index is -3.57. The highest BCUT2D eigenvalue weighted by atomic mass is 35.5. The third-order valence-electron chi connectivity index (χ3n) is 5.17. The summed E-state index contributed by atoms with van der Waals surface area (Å²) in [4.78, 5) is 12.5. The third-order valence-corrected chi connectivity index (χ3v) is 6.90. The second-order valence-corrected chi connectivity index (χ2v) is 9.82. The van der Waals surface area contributed by atoms with Crippen molar-refractivity contribution >= 4 is 27.5 Å². The molecule has 3 rings (SSSR count). The van der Waals surface area contributed by atoms with Crippen LogP contribution in [0.4, 0.5) is 0 Å². The molecule has 3 aromatic carbocycles. The summed E-state index contributed by atoms with van der Waals surface area (Å²) in [7, 11) is -3.57. The highest BCUT2D eigenvalue weighted by Gasteiger charge is 2.14. The normalized spacial score (nSPS) is 12.3. The summed E-state index contributed by atoms with van der Waals surface area (Å²) in [6.07, 6.45) is 1.47. The van der Waals surface area contributed by atoms with Gasteiger partial charge in [-0.1, -0.05) is 66.2 Å². The van der Waals surface area contributed by atoms with Crippen LogP contribution in [0.5, 0.6) is 0 Å². The van der Waals surface area contributed by atoms with E-state index in [-0.39, 0.29) is 16.8 Å². The first-order valence-electron chi connectivity index (χ1n) is 10.5. The first-order valence-corrected chi connectivity index (χ1v) is 12.4. The van der Waals surface area contributed by atoms with Gasteiger partial charge in [0.1, 0.15) is 0 Å². The van der Waals surface area contributed by atoms with Crippen molar-refractivity contribution in [2.75, 3.05) is 6.54 Å². The maximum atomic E-state index is 12.5. The fourth-order valence-corrected chi connectivity index (χ4v) is 4.46. The Bertz CT molecular complexity index is 1120. The molecule has 0 aliphatic rings. The summed E-state index contributed by atoms with van der Waals surface area (Å²) >= 11 is 5.90. The topological polar surface area (TPSA) is 75.3 Å². The van der Waals surface area contributed by atoms with Gasteiger partial charge in [-0.3, -0.25) is 4.79 Å². The van der Waals surface area contributed by atoms with Crippen molar-refractivity contribution < 1.29 is 13.2 Å². The van der Waals surface area contributed by atoms with E-state index in [9.17, 15) is 13.2 Å². The van der Waals surface area contributed by atoms with Crippen LogP contribution in [0.2, 0.25) is 5.02 Å². The van der Waals surface area contributed by atoms with Crippen LogP contribution in [0, 0.1) is 0 Å². The number of amides is 1. The van der Waals surface area contributed by atoms with Crippen LogP contribution >= 0.6 is 11.6 Å². The largest absolute Gasteiger partial charge is 0.350 e. The minimum absolute atomic E-state index is 0.0632. The van der Waals surface area contributed by atoms with Crippen molar-refractivity contribution in [2.45, 2.75) is 37.1 Å². The lowest BCUT2D eigenvalue weighted by Crippen LogP contribution is -2.27. The molecule has 0 unspecified atom stereocenters. The maximum Gasteiger partial charge on any atom is 0.240 e. The Balaban J connectivity index is 1.47. The quantitative estimate of drug-likeness (QED) is 0.452. The highest BCUT2D eigenvalue weighted by Crippen LogP contribution is 2.17. The number of sulfonamides is 1. The van der Waals surface area contributed by atoms with Gasteiger partial charge >= 0.3 is 0 Å². The molecule has 1 amide bonds. The number of rotatable bonds is 10. The maximum absolute atomic E-state index is 12.5. The van der Waals surface area contributed by atoms with Crippen molar-refractivity contribution in [3.05, 3.63) is 101 Å². The molecule has 0 spiro atoms. The van der Waals surface area contributed by atoms with E-state index in [2.05, 4.69) is 10.0 Å². The van der Waals surface area contributed by atoms with E-state index in [0.717, 1.165) is 16.7 Å². The first-order chi connectivity index (χ1) is 15.3. The van der Waals surface area contributed by atoms with Crippen molar-refractivity contribution in [3.8, 4) is 0 Å². The Kier molecular flexibility index (Phi) is 8.45. The van der Waals surface area contributed by atoms with Gasteiger partial charge in [0.05, 0.1) is 10.9 Å². The molecule has 0 heterocycles. The lowest BCUT2D eigenvalue weighted by Gasteiger charge is -2.14. The molecule has 2 N–H and O–H groups in total. The average molecular weight is 471 g/mol. The Morgan fingerprint density at radius 1 is 0.875 bits per heavy atom. The Hall–Kier alpha value is -2.67. The molecule has 0 bridgehead atoms. The van der Waals surface area contributed by atoms with Gasteiger partial charge < -0.3 is 5.32 Å². The minimum Gasteiger partial charge on any atom is -0.350 e. The molecular formula is C25H27ClN2O3S. The van der Waals surface area contributed by atoms with E-state index in [0.29, 0.717) is 30.8 Å². The van der Waals surface area contributed by atoms with E-state index in [4.69, 9.17) is 11.6 Å². The number of nitrogens with one attached hydrogen (secondary N) is 2. The first kappa shape index (κ1) is 24.0. The predicted molar refractivity (Wildman–Crippen MR) is 128 cm³/mol. The molecule has 0 fully saturated rings. The second kappa shape index (κ2) is 11.3. The van der Waals surface area contributed by atoms with E-state index in [1.54, 1.807) is 36.4 Å². The van der Waals surface area contributed by atoms with Crippen LogP contribution in [-0.4, -0.2) is 20.9 Å². The zero-order valence-electron chi connectivity index (χ0n) is 17.9. The molecule has 0 radical (unpaired) electrons. The summed E-state index contributed by atoms with van der Waals surface area (Å²) in [6, 6.07) is 23.6. The molecule has 0 aromatic heterocycles. The Labute approximate surface area is 194 Å². The molecule has 0 saturated carbocycles. The zero-order valence-corrected chi connectivity index (χ0v) is 19.5. The number of hydrogen-bond acceptors (Lipinski definition) is 3. The van der Waals surface area contributed by atoms with Crippen LogP contribution in [0.1, 0.15) is 36.1 Å². The summed E-state index contributed by atoms with van der Waals surface area (Å²) in [5.41, 5.74) is 2.97. The summed E-state index contributed by atoms with van der Waals surface area (Å²) in [5.74, 6) is -0.0632. The number of carbonyl (C=O) groups excluding carboxylic acids is 1. The third kappa shape index (κ3) is 7.19. The number of hydrogen-bond donors (Lipinski definition) is 2. The van der Waals surface area contributed by atoms with E-state index >= 15 is 0 Å². The van der Waals surface area contributed by atoms with Gasteiger partial charge in [-0.25, -0.2) is 13.1 Å². The van der Waals surface area contributed by atoms with Crippen LogP contribution in [-0.2, 0) is 27.7 Å². The molecule has 0 aliphatic carbocycles. The van der Waals surface area contributed by atoms with Gasteiger partial charge in [0, 0.05) is 18.0 Å². The average Bonchev–Trinajstić information content (AvgIpc) is 2.79. The smallest absolute Gasteiger partial charge is 0.240 e. The number of halogens is 1. The lowest BCUT2D eigenvalue weighted by molar-refractivity contribution is -0.121. The van der Waals surface area contributed by atoms with Gasteiger partial charge in [-0.05, 0) is 60.7 Å². The SMILES string of the molecule is C[C@@H](NC(=O)CCc1ccc(S(=O)(=O)NCCc2ccccc2)cc1)c1ccc(Cl)cc1. The van der Waals surface area contributed by atoms with Crippen LogP contribution < -0.4 is 10.0 Å². The molecule has 5 nitrogen and oxygen atoms in total. The molecule has 3 aromatic rings. The highest BCUT2D eigenvalue weighted by molar-refractivity contribution is 7.89. The fraction of sp³-hybridized carbons (Fsp3) is 0.240. The van der Waals surface area contributed by atoms with Crippen LogP contribution in [0.25, 0.3) is 0 Å². The Morgan fingerprint density at radius 3 is 2.16 bits per heavy atom. The van der Waals surface area contributed by atoms with Gasteiger partial charge in [0.2, 0.25) is 15.9 Å². The standard InChI is InChI=1S/C25H27ClN2O3S/c1-19(22-10-12-23(26)13-11-22)28-25(29)16-9-21-7-14-24(15-8-21)32(30,31)27-18-17-20-5-3-2-4-6-20/h2-8,10-15,19,27H,9,16-18H2,1H3,(H,28,29)/t19-/m1/s1. The molecule has 32 heavy (non-hydrogen) atoms. The van der Waals surface area contributed by atoms with E-state index in [1.807, 2.05) is 49.4 Å². The van der Waals surface area contributed by atoms with Crippen LogP contribution in [0.3, 0.4) is 0 Å². The van der Waals surface area contributed by atoms with Gasteiger partial charge in [0.25, 0.3) is 0 Å². The van der Waals surface area contributed by atoms with Gasteiger partial charge in [-0.15, -0.1) is 0 Å². The monoisotopic (exact) mass is 470 g/mol. The van der Waals surface area contributed by atoms with E-state index < -0.39 is 10.0 Å². The number of carbonyl (C=O) groups is 1. The van der Waals surface area contributed by atoms with Crippen molar-refractivity contribution in [2.24, 2.45) is 0 Å². The molecular weight excluding hydrogens is 444 g/mol. The van der Waals surface area contributed by atoms with Crippen LogP contribution in [0.15, 0.2) is 83.8 Å². The van der Waals surface area contributed by atoms with E-state index in [1.165, 1.54) is 0 Å². The van der Waals surface area contributed by atoms with Gasteiger partial charge in [-0.2, -0.15) is 0 Å². The summed E-state index contributed by atoms with van der Waals surface area (Å²) < 4.78 is 27.6. The Morgan fingerprint density at radius 2 is 1.50 bits per heavy atom. The number of benzene rings is 3.